The Bertz CT molecular complexity index is 163. The summed E-state index contributed by atoms with van der Waals surface area (Å²) in [6, 6.07) is 0.337. The highest BCUT2D eigenvalue weighted by molar-refractivity contribution is 5.05. The molecule has 1 heterocycles. The van der Waals surface area contributed by atoms with Gasteiger partial charge in [0, 0.05) is 18.3 Å². The van der Waals surface area contributed by atoms with Gasteiger partial charge in [-0.05, 0) is 18.8 Å². The fourth-order valence-electron chi connectivity index (χ4n) is 1.49. The number of unbranched alkanes of at least 4 members (excludes halogenated alkanes) is 1. The Morgan fingerprint density at radius 1 is 1.67 bits per heavy atom. The molecule has 0 saturated carbocycles. The molecule has 2 unspecified atom stereocenters. The van der Waals surface area contributed by atoms with Crippen LogP contribution in [0.4, 0.5) is 0 Å². The van der Waals surface area contributed by atoms with Crippen molar-refractivity contribution < 1.29 is 0 Å². The van der Waals surface area contributed by atoms with Gasteiger partial charge in [-0.1, -0.05) is 26.3 Å². The Morgan fingerprint density at radius 2 is 2.42 bits per heavy atom. The van der Waals surface area contributed by atoms with Gasteiger partial charge < -0.3 is 11.1 Å². The average Bonchev–Trinajstić information content (AvgIpc) is 2.07. The molecule has 1 aliphatic rings. The van der Waals surface area contributed by atoms with E-state index in [4.69, 9.17) is 5.73 Å². The third-order valence-corrected chi connectivity index (χ3v) is 2.52. The predicted molar refractivity (Wildman–Crippen MR) is 52.8 cm³/mol. The highest BCUT2D eigenvalue weighted by Gasteiger charge is 2.19. The largest absolute Gasteiger partial charge is 0.387 e. The van der Waals surface area contributed by atoms with Crippen molar-refractivity contribution in [1.82, 2.24) is 5.32 Å². The number of rotatable bonds is 2. The number of nitrogens with two attached hydrogens (primary N) is 1. The van der Waals surface area contributed by atoms with Crippen LogP contribution in [-0.4, -0.2) is 12.6 Å². The summed E-state index contributed by atoms with van der Waals surface area (Å²) in [6.07, 6.45) is 5.85. The maximum absolute atomic E-state index is 5.88. The predicted octanol–water partition coefficient (Wildman–Crippen LogP) is 1.63. The van der Waals surface area contributed by atoms with Gasteiger partial charge in [0.2, 0.25) is 0 Å². The van der Waals surface area contributed by atoms with Crippen molar-refractivity contribution >= 4 is 0 Å². The van der Waals surface area contributed by atoms with Crippen LogP contribution in [0, 0.1) is 5.92 Å². The molecule has 70 valence electrons. The third-order valence-electron chi connectivity index (χ3n) is 2.52. The fraction of sp³-hybridized carbons (Fsp3) is 0.800. The van der Waals surface area contributed by atoms with Crippen LogP contribution in [0.2, 0.25) is 0 Å². The Labute approximate surface area is 75.2 Å². The highest BCUT2D eigenvalue weighted by atomic mass is 14.9. The SMILES string of the molecule is CCCC=C1CC(C)C(N)CN1. The molecule has 2 nitrogen and oxygen atoms in total. The zero-order valence-electron chi connectivity index (χ0n) is 8.14. The maximum atomic E-state index is 5.88. The van der Waals surface area contributed by atoms with Crippen LogP contribution in [0.25, 0.3) is 0 Å². The topological polar surface area (TPSA) is 38.0 Å². The Balaban J connectivity index is 2.39. The van der Waals surface area contributed by atoms with Crippen LogP contribution in [0.3, 0.4) is 0 Å². The van der Waals surface area contributed by atoms with Crippen LogP contribution in [0.1, 0.15) is 33.1 Å². The minimum atomic E-state index is 0.337. The van der Waals surface area contributed by atoms with E-state index in [-0.39, 0.29) is 0 Å². The van der Waals surface area contributed by atoms with E-state index in [9.17, 15) is 0 Å². The quantitative estimate of drug-likeness (QED) is 0.657. The summed E-state index contributed by atoms with van der Waals surface area (Å²) >= 11 is 0. The molecule has 1 fully saturated rings. The van der Waals surface area contributed by atoms with E-state index in [1.165, 1.54) is 18.5 Å². The summed E-state index contributed by atoms with van der Waals surface area (Å²) < 4.78 is 0. The first-order valence-electron chi connectivity index (χ1n) is 4.92. The van der Waals surface area contributed by atoms with Gasteiger partial charge in [0.1, 0.15) is 0 Å². The first-order chi connectivity index (χ1) is 5.74. The second-order valence-corrected chi connectivity index (χ2v) is 3.74. The first-order valence-corrected chi connectivity index (χ1v) is 4.92. The van der Waals surface area contributed by atoms with Gasteiger partial charge >= 0.3 is 0 Å². The molecule has 0 aromatic carbocycles. The van der Waals surface area contributed by atoms with E-state index in [2.05, 4.69) is 25.2 Å². The molecule has 0 aliphatic carbocycles. The van der Waals surface area contributed by atoms with Crippen molar-refractivity contribution in [1.29, 1.82) is 0 Å². The molecular weight excluding hydrogens is 148 g/mol. The van der Waals surface area contributed by atoms with Gasteiger partial charge in [0.25, 0.3) is 0 Å². The van der Waals surface area contributed by atoms with E-state index >= 15 is 0 Å². The third kappa shape index (κ3) is 2.52. The minimum absolute atomic E-state index is 0.337. The summed E-state index contributed by atoms with van der Waals surface area (Å²) in [4.78, 5) is 0. The van der Waals surface area contributed by atoms with Crippen LogP contribution in [0.5, 0.6) is 0 Å². The second kappa shape index (κ2) is 4.51. The van der Waals surface area contributed by atoms with Crippen molar-refractivity contribution in [3.8, 4) is 0 Å². The molecule has 2 atom stereocenters. The number of allylic oxidation sites excluding steroid dienone is 2. The zero-order valence-corrected chi connectivity index (χ0v) is 8.14. The normalized spacial score (nSPS) is 33.4. The van der Waals surface area contributed by atoms with Crippen molar-refractivity contribution in [2.75, 3.05) is 6.54 Å². The van der Waals surface area contributed by atoms with Gasteiger partial charge in [0.15, 0.2) is 0 Å². The Hall–Kier alpha value is -0.500. The van der Waals surface area contributed by atoms with Crippen molar-refractivity contribution in [3.63, 3.8) is 0 Å². The van der Waals surface area contributed by atoms with Gasteiger partial charge in [-0.3, -0.25) is 0 Å². The smallest absolute Gasteiger partial charge is 0.0298 e. The molecule has 0 bridgehead atoms. The summed E-state index contributed by atoms with van der Waals surface area (Å²) in [7, 11) is 0. The molecule has 0 aromatic rings. The lowest BCUT2D eigenvalue weighted by Gasteiger charge is -2.29. The van der Waals surface area contributed by atoms with Gasteiger partial charge in [0.05, 0.1) is 0 Å². The zero-order chi connectivity index (χ0) is 8.97. The Morgan fingerprint density at radius 3 is 3.00 bits per heavy atom. The monoisotopic (exact) mass is 168 g/mol. The van der Waals surface area contributed by atoms with Crippen molar-refractivity contribution in [3.05, 3.63) is 11.8 Å². The lowest BCUT2D eigenvalue weighted by molar-refractivity contribution is 0.385. The van der Waals surface area contributed by atoms with E-state index in [0.717, 1.165) is 13.0 Å². The van der Waals surface area contributed by atoms with Crippen molar-refractivity contribution in [2.24, 2.45) is 11.7 Å². The molecular formula is C10H20N2. The van der Waals surface area contributed by atoms with E-state index in [0.29, 0.717) is 12.0 Å². The van der Waals surface area contributed by atoms with Crippen LogP contribution in [-0.2, 0) is 0 Å². The summed E-state index contributed by atoms with van der Waals surface area (Å²) in [5.41, 5.74) is 7.27. The fourth-order valence-corrected chi connectivity index (χ4v) is 1.49. The molecule has 0 aromatic heterocycles. The molecule has 1 rings (SSSR count). The molecule has 12 heavy (non-hydrogen) atoms. The second-order valence-electron chi connectivity index (χ2n) is 3.74. The molecule has 1 aliphatic heterocycles. The van der Waals surface area contributed by atoms with Crippen LogP contribution >= 0.6 is 0 Å². The molecule has 2 heteroatoms. The molecule has 1 saturated heterocycles. The maximum Gasteiger partial charge on any atom is 0.0298 e. The Kier molecular flexibility index (Phi) is 3.60. The first kappa shape index (κ1) is 9.59. The number of nitrogens with one attached hydrogen (secondary N) is 1. The molecule has 0 radical (unpaired) electrons. The van der Waals surface area contributed by atoms with E-state index < -0.39 is 0 Å². The molecule has 3 N–H and O–H groups in total. The van der Waals surface area contributed by atoms with Crippen LogP contribution in [0.15, 0.2) is 11.8 Å². The van der Waals surface area contributed by atoms with E-state index in [1.54, 1.807) is 0 Å². The van der Waals surface area contributed by atoms with Gasteiger partial charge in [-0.25, -0.2) is 0 Å². The number of piperidine rings is 1. The van der Waals surface area contributed by atoms with Crippen LogP contribution < -0.4 is 11.1 Å². The summed E-state index contributed by atoms with van der Waals surface area (Å²) in [5.74, 6) is 0.634. The average molecular weight is 168 g/mol. The van der Waals surface area contributed by atoms with E-state index in [1.807, 2.05) is 0 Å². The van der Waals surface area contributed by atoms with Gasteiger partial charge in [-0.15, -0.1) is 0 Å². The molecule has 0 amide bonds. The molecule has 0 spiro atoms. The summed E-state index contributed by atoms with van der Waals surface area (Å²) in [6.45, 7) is 5.37. The summed E-state index contributed by atoms with van der Waals surface area (Å²) in [5, 5.41) is 3.37. The standard InChI is InChI=1S/C10H20N2/c1-3-4-5-9-6-8(2)10(11)7-12-9/h5,8,10,12H,3-4,6-7,11H2,1-2H3. The number of hydrogen-bond donors (Lipinski definition) is 2. The number of hydrogen-bond acceptors (Lipinski definition) is 2. The highest BCUT2D eigenvalue weighted by Crippen LogP contribution is 2.17. The lowest BCUT2D eigenvalue weighted by atomic mass is 9.93. The van der Waals surface area contributed by atoms with Crippen molar-refractivity contribution in [2.45, 2.75) is 39.2 Å². The minimum Gasteiger partial charge on any atom is -0.387 e. The van der Waals surface area contributed by atoms with Gasteiger partial charge in [-0.2, -0.15) is 0 Å². The lowest BCUT2D eigenvalue weighted by Crippen LogP contribution is -2.43.